The van der Waals surface area contributed by atoms with Crippen molar-refractivity contribution >= 4 is 27.3 Å². The lowest BCUT2D eigenvalue weighted by Gasteiger charge is -2.17. The Balaban J connectivity index is 1.59. The summed E-state index contributed by atoms with van der Waals surface area (Å²) in [6.07, 6.45) is 5.51. The molecule has 3 aromatic rings. The van der Waals surface area contributed by atoms with E-state index in [1.54, 1.807) is 30.3 Å². The second-order valence-corrected chi connectivity index (χ2v) is 9.70. The van der Waals surface area contributed by atoms with Crippen molar-refractivity contribution in [2.75, 3.05) is 17.1 Å². The predicted octanol–water partition coefficient (Wildman–Crippen LogP) is 4.55. The summed E-state index contributed by atoms with van der Waals surface area (Å²) in [5.74, 6) is 1.35. The van der Waals surface area contributed by atoms with Gasteiger partial charge < -0.3 is 14.6 Å². The van der Waals surface area contributed by atoms with Gasteiger partial charge in [-0.1, -0.05) is 24.4 Å². The highest BCUT2D eigenvalue weighted by atomic mass is 32.2. The smallest absolute Gasteiger partial charge is 0.261 e. The number of ether oxygens (including phenoxy) is 1. The van der Waals surface area contributed by atoms with Crippen molar-refractivity contribution in [2.45, 2.75) is 49.8 Å². The van der Waals surface area contributed by atoms with Crippen LogP contribution in [0.15, 0.2) is 51.9 Å². The van der Waals surface area contributed by atoms with E-state index in [1.807, 2.05) is 0 Å². The Bertz CT molecular complexity index is 1230. The van der Waals surface area contributed by atoms with E-state index in [0.717, 1.165) is 25.7 Å². The Hall–Kier alpha value is -3.40. The van der Waals surface area contributed by atoms with Crippen molar-refractivity contribution in [1.82, 2.24) is 10.1 Å². The van der Waals surface area contributed by atoms with Crippen molar-refractivity contribution in [3.8, 4) is 17.1 Å². The second-order valence-electron chi connectivity index (χ2n) is 8.02. The van der Waals surface area contributed by atoms with Gasteiger partial charge in [0.05, 0.1) is 17.6 Å². The number of aromatic nitrogens is 2. The van der Waals surface area contributed by atoms with Gasteiger partial charge in [0.15, 0.2) is 0 Å². The molecule has 0 saturated heterocycles. The fourth-order valence-electron chi connectivity index (χ4n) is 3.93. The first-order valence-corrected chi connectivity index (χ1v) is 12.3. The van der Waals surface area contributed by atoms with E-state index in [1.165, 1.54) is 32.6 Å². The fraction of sp³-hybridized carbons (Fsp3) is 0.348. The number of methoxy groups -OCH3 is 1. The lowest BCUT2D eigenvalue weighted by molar-refractivity contribution is -0.114. The molecule has 0 radical (unpaired) electrons. The van der Waals surface area contributed by atoms with Gasteiger partial charge in [0, 0.05) is 24.2 Å². The Morgan fingerprint density at radius 1 is 1.06 bits per heavy atom. The van der Waals surface area contributed by atoms with Crippen LogP contribution in [-0.4, -0.2) is 31.6 Å². The number of amides is 1. The molecule has 1 fully saturated rings. The number of rotatable bonds is 7. The minimum atomic E-state index is -3.90. The van der Waals surface area contributed by atoms with Gasteiger partial charge in [-0.2, -0.15) is 4.98 Å². The largest absolute Gasteiger partial charge is 0.496 e. The lowest BCUT2D eigenvalue weighted by atomic mass is 9.89. The van der Waals surface area contributed by atoms with Crippen LogP contribution in [0.2, 0.25) is 0 Å². The van der Waals surface area contributed by atoms with Gasteiger partial charge in [0.1, 0.15) is 5.75 Å². The summed E-state index contributed by atoms with van der Waals surface area (Å²) in [7, 11) is -2.39. The maximum Gasteiger partial charge on any atom is 0.261 e. The van der Waals surface area contributed by atoms with Crippen LogP contribution < -0.4 is 14.8 Å². The van der Waals surface area contributed by atoms with Gasteiger partial charge in [-0.15, -0.1) is 0 Å². The Kier molecular flexibility index (Phi) is 6.64. The van der Waals surface area contributed by atoms with Crippen molar-refractivity contribution in [2.24, 2.45) is 0 Å². The summed E-state index contributed by atoms with van der Waals surface area (Å²) in [5, 5.41) is 6.73. The average molecular weight is 471 g/mol. The highest BCUT2D eigenvalue weighted by Gasteiger charge is 2.24. The molecule has 1 saturated carbocycles. The van der Waals surface area contributed by atoms with E-state index >= 15 is 0 Å². The number of hydrogen-bond acceptors (Lipinski definition) is 7. The zero-order valence-corrected chi connectivity index (χ0v) is 19.3. The molecule has 33 heavy (non-hydrogen) atoms. The third-order valence-electron chi connectivity index (χ3n) is 5.58. The molecule has 9 nitrogen and oxygen atoms in total. The Morgan fingerprint density at radius 3 is 2.42 bits per heavy atom. The summed E-state index contributed by atoms with van der Waals surface area (Å²) in [5.41, 5.74) is 1.37. The highest BCUT2D eigenvalue weighted by Crippen LogP contribution is 2.35. The summed E-state index contributed by atoms with van der Waals surface area (Å²) >= 11 is 0. The molecule has 1 amide bonds. The summed E-state index contributed by atoms with van der Waals surface area (Å²) in [6, 6.07) is 10.9. The van der Waals surface area contributed by atoms with Crippen LogP contribution >= 0.6 is 0 Å². The molecule has 2 N–H and O–H groups in total. The van der Waals surface area contributed by atoms with Crippen LogP contribution in [0, 0.1) is 0 Å². The molecule has 10 heteroatoms. The van der Waals surface area contributed by atoms with Crippen LogP contribution in [0.25, 0.3) is 11.4 Å². The topological polar surface area (TPSA) is 123 Å². The molecule has 0 aliphatic heterocycles. The van der Waals surface area contributed by atoms with E-state index in [0.29, 0.717) is 34.4 Å². The van der Waals surface area contributed by atoms with E-state index in [2.05, 4.69) is 20.2 Å². The molecule has 0 atom stereocenters. The molecule has 4 rings (SSSR count). The van der Waals surface area contributed by atoms with Crippen LogP contribution in [-0.2, 0) is 14.8 Å². The summed E-state index contributed by atoms with van der Waals surface area (Å²) in [4.78, 5) is 15.7. The normalized spacial score (nSPS) is 14.6. The van der Waals surface area contributed by atoms with Gasteiger partial charge in [0.2, 0.25) is 17.6 Å². The Labute approximate surface area is 192 Å². The van der Waals surface area contributed by atoms with Gasteiger partial charge in [-0.3, -0.25) is 9.52 Å². The zero-order valence-electron chi connectivity index (χ0n) is 18.5. The molecule has 1 aliphatic carbocycles. The van der Waals surface area contributed by atoms with Crippen LogP contribution in [0.4, 0.5) is 11.4 Å². The fourth-order valence-corrected chi connectivity index (χ4v) is 5.01. The van der Waals surface area contributed by atoms with E-state index in [9.17, 15) is 13.2 Å². The molecular formula is C23H26N4O5S. The zero-order chi connectivity index (χ0) is 23.4. The highest BCUT2D eigenvalue weighted by molar-refractivity contribution is 7.92. The Morgan fingerprint density at radius 2 is 1.76 bits per heavy atom. The first-order chi connectivity index (χ1) is 15.9. The molecule has 0 unspecified atom stereocenters. The standard InChI is InChI=1S/C23H26N4O5S/c1-15(28)24-17-8-10-18(11-9-17)27-33(29,30)19-12-13-21(31-2)20(14-19)22-25-23(32-26-22)16-6-4-3-5-7-16/h8-14,16,27H,3-7H2,1-2H3,(H,24,28). The number of carbonyl (C=O) groups is 1. The van der Waals surface area contributed by atoms with Crippen LogP contribution in [0.5, 0.6) is 5.75 Å². The summed E-state index contributed by atoms with van der Waals surface area (Å²) < 4.78 is 39.5. The van der Waals surface area contributed by atoms with Gasteiger partial charge in [-0.05, 0) is 55.3 Å². The van der Waals surface area contributed by atoms with Crippen LogP contribution in [0.3, 0.4) is 0 Å². The van der Waals surface area contributed by atoms with Crippen LogP contribution in [0.1, 0.15) is 50.8 Å². The first-order valence-electron chi connectivity index (χ1n) is 10.8. The van der Waals surface area contributed by atoms with E-state index in [4.69, 9.17) is 9.26 Å². The molecule has 1 heterocycles. The van der Waals surface area contributed by atoms with E-state index in [-0.39, 0.29) is 16.7 Å². The number of carbonyl (C=O) groups excluding carboxylic acids is 1. The molecule has 0 spiro atoms. The number of nitrogens with one attached hydrogen (secondary N) is 2. The first kappa shape index (κ1) is 22.8. The third kappa shape index (κ3) is 5.33. The van der Waals surface area contributed by atoms with E-state index < -0.39 is 10.0 Å². The minimum Gasteiger partial charge on any atom is -0.496 e. The second kappa shape index (κ2) is 9.62. The van der Waals surface area contributed by atoms with Gasteiger partial charge in [0.25, 0.3) is 10.0 Å². The molecule has 2 aromatic carbocycles. The SMILES string of the molecule is COc1ccc(S(=O)(=O)Nc2ccc(NC(C)=O)cc2)cc1-c1noc(C2CCCCC2)n1. The van der Waals surface area contributed by atoms with Gasteiger partial charge >= 0.3 is 0 Å². The number of anilines is 2. The average Bonchev–Trinajstić information content (AvgIpc) is 3.30. The van der Waals surface area contributed by atoms with Crippen molar-refractivity contribution < 1.29 is 22.5 Å². The quantitative estimate of drug-likeness (QED) is 0.519. The third-order valence-corrected chi connectivity index (χ3v) is 6.95. The molecule has 0 bridgehead atoms. The van der Waals surface area contributed by atoms with Crippen molar-refractivity contribution in [3.05, 3.63) is 48.4 Å². The number of hydrogen-bond donors (Lipinski definition) is 2. The predicted molar refractivity (Wildman–Crippen MR) is 124 cm³/mol. The molecule has 1 aliphatic rings. The van der Waals surface area contributed by atoms with Crippen molar-refractivity contribution in [1.29, 1.82) is 0 Å². The lowest BCUT2D eigenvalue weighted by Crippen LogP contribution is -2.13. The number of nitrogens with zero attached hydrogens (tertiary/aromatic N) is 2. The maximum absolute atomic E-state index is 13.0. The number of sulfonamides is 1. The molecule has 1 aromatic heterocycles. The van der Waals surface area contributed by atoms with Gasteiger partial charge in [-0.25, -0.2) is 8.42 Å². The number of benzene rings is 2. The minimum absolute atomic E-state index is 0.0354. The molecular weight excluding hydrogens is 444 g/mol. The monoisotopic (exact) mass is 470 g/mol. The molecule has 174 valence electrons. The summed E-state index contributed by atoms with van der Waals surface area (Å²) in [6.45, 7) is 1.40. The maximum atomic E-state index is 13.0. The van der Waals surface area contributed by atoms with Crippen molar-refractivity contribution in [3.63, 3.8) is 0 Å².